The maximum Gasteiger partial charge on any atom is 0.198 e. The summed E-state index contributed by atoms with van der Waals surface area (Å²) in [4.78, 5) is 6.76. The zero-order chi connectivity index (χ0) is 17.1. The van der Waals surface area contributed by atoms with Crippen LogP contribution in [0, 0.1) is 0 Å². The first kappa shape index (κ1) is 19.1. The van der Waals surface area contributed by atoms with Gasteiger partial charge < -0.3 is 14.8 Å². The molecule has 2 aliphatic heterocycles. The van der Waals surface area contributed by atoms with Crippen LogP contribution in [0.4, 0.5) is 5.69 Å². The minimum Gasteiger partial charge on any atom is -0.355 e. The highest BCUT2D eigenvalue weighted by molar-refractivity contribution is 14.0. The molecule has 26 heavy (non-hydrogen) atoms. The SMILES string of the molecule is CN=C(NCCc1nnc2n1CCCCC2)N1CCc2ccccc21.I. The van der Waals surface area contributed by atoms with Gasteiger partial charge in [0, 0.05) is 45.2 Å². The minimum absolute atomic E-state index is 0. The van der Waals surface area contributed by atoms with Crippen LogP contribution in [-0.2, 0) is 25.8 Å². The Morgan fingerprint density at radius 2 is 2.00 bits per heavy atom. The molecule has 0 fully saturated rings. The molecule has 1 N–H and O–H groups in total. The number of hydrogen-bond donors (Lipinski definition) is 1. The van der Waals surface area contributed by atoms with Gasteiger partial charge >= 0.3 is 0 Å². The molecule has 4 rings (SSSR count). The topological polar surface area (TPSA) is 58.3 Å². The van der Waals surface area contributed by atoms with E-state index >= 15 is 0 Å². The summed E-state index contributed by atoms with van der Waals surface area (Å²) in [5.41, 5.74) is 2.67. The third-order valence-corrected chi connectivity index (χ3v) is 5.17. The number of rotatable bonds is 3. The Labute approximate surface area is 172 Å². The van der Waals surface area contributed by atoms with Crippen molar-refractivity contribution in [2.75, 3.05) is 25.0 Å². The van der Waals surface area contributed by atoms with E-state index in [0.717, 1.165) is 56.5 Å². The fraction of sp³-hybridized carbons (Fsp3) is 0.526. The van der Waals surface area contributed by atoms with Gasteiger partial charge in [0.15, 0.2) is 5.96 Å². The predicted molar refractivity (Wildman–Crippen MR) is 116 cm³/mol. The van der Waals surface area contributed by atoms with Crippen molar-refractivity contribution in [2.45, 2.75) is 45.1 Å². The van der Waals surface area contributed by atoms with Crippen molar-refractivity contribution in [1.29, 1.82) is 0 Å². The molecule has 0 radical (unpaired) electrons. The highest BCUT2D eigenvalue weighted by atomic mass is 127. The number of benzene rings is 1. The number of aliphatic imine (C=N–C) groups is 1. The van der Waals surface area contributed by atoms with E-state index in [1.165, 1.54) is 30.5 Å². The zero-order valence-electron chi connectivity index (χ0n) is 15.3. The molecule has 0 saturated heterocycles. The second kappa shape index (κ2) is 8.83. The van der Waals surface area contributed by atoms with Crippen LogP contribution >= 0.6 is 24.0 Å². The summed E-state index contributed by atoms with van der Waals surface area (Å²) >= 11 is 0. The molecule has 0 unspecified atom stereocenters. The number of anilines is 1. The Bertz CT molecular complexity index is 769. The normalized spacial score (nSPS) is 16.5. The van der Waals surface area contributed by atoms with Gasteiger partial charge in [-0.25, -0.2) is 0 Å². The summed E-state index contributed by atoms with van der Waals surface area (Å²) in [6, 6.07) is 8.58. The van der Waals surface area contributed by atoms with Gasteiger partial charge in [-0.15, -0.1) is 34.2 Å². The first-order valence-electron chi connectivity index (χ1n) is 9.34. The summed E-state index contributed by atoms with van der Waals surface area (Å²) in [5.74, 6) is 3.20. The molecule has 1 aromatic carbocycles. The lowest BCUT2D eigenvalue weighted by Gasteiger charge is -2.22. The van der Waals surface area contributed by atoms with Gasteiger partial charge in [-0.3, -0.25) is 4.99 Å². The highest BCUT2D eigenvalue weighted by Gasteiger charge is 2.22. The molecular weight excluding hydrogens is 439 g/mol. The molecule has 6 nitrogen and oxygen atoms in total. The van der Waals surface area contributed by atoms with E-state index in [-0.39, 0.29) is 24.0 Å². The smallest absolute Gasteiger partial charge is 0.198 e. The Balaban J connectivity index is 0.00000196. The predicted octanol–water partition coefficient (Wildman–Crippen LogP) is 2.80. The quantitative estimate of drug-likeness (QED) is 0.430. The van der Waals surface area contributed by atoms with Crippen molar-refractivity contribution in [3.8, 4) is 0 Å². The molecule has 2 aromatic rings. The summed E-state index contributed by atoms with van der Waals surface area (Å²) in [5, 5.41) is 12.3. The fourth-order valence-electron chi connectivity index (χ4n) is 3.87. The number of fused-ring (bicyclic) bond motifs is 2. The molecule has 0 atom stereocenters. The Morgan fingerprint density at radius 3 is 2.88 bits per heavy atom. The molecule has 0 amide bonds. The van der Waals surface area contributed by atoms with E-state index in [9.17, 15) is 0 Å². The summed E-state index contributed by atoms with van der Waals surface area (Å²) in [6.07, 6.45) is 6.78. The largest absolute Gasteiger partial charge is 0.355 e. The van der Waals surface area contributed by atoms with Gasteiger partial charge in [-0.2, -0.15) is 0 Å². The van der Waals surface area contributed by atoms with Gasteiger partial charge in [0.1, 0.15) is 11.6 Å². The second-order valence-electron chi connectivity index (χ2n) is 6.75. The van der Waals surface area contributed by atoms with Crippen LogP contribution in [0.25, 0.3) is 0 Å². The Morgan fingerprint density at radius 1 is 1.12 bits per heavy atom. The lowest BCUT2D eigenvalue weighted by atomic mass is 10.2. The van der Waals surface area contributed by atoms with Crippen molar-refractivity contribution < 1.29 is 0 Å². The zero-order valence-corrected chi connectivity index (χ0v) is 17.6. The van der Waals surface area contributed by atoms with Crippen LogP contribution < -0.4 is 10.2 Å². The summed E-state index contributed by atoms with van der Waals surface area (Å²) < 4.78 is 2.32. The minimum atomic E-state index is 0. The standard InChI is InChI=1S/C19H26N6.HI/c1-20-19(24-14-11-15-7-4-5-8-16(15)24)21-12-10-18-23-22-17-9-3-2-6-13-25(17)18;/h4-5,7-8H,2-3,6,9-14H2,1H3,(H,20,21);1H. The maximum absolute atomic E-state index is 4.48. The molecule has 1 aromatic heterocycles. The number of nitrogens with zero attached hydrogens (tertiary/aromatic N) is 5. The van der Waals surface area contributed by atoms with Crippen LogP contribution in [0.2, 0.25) is 0 Å². The van der Waals surface area contributed by atoms with E-state index in [0.29, 0.717) is 0 Å². The third kappa shape index (κ3) is 3.87. The molecule has 140 valence electrons. The fourth-order valence-corrected chi connectivity index (χ4v) is 3.87. The van der Waals surface area contributed by atoms with Gasteiger partial charge in [-0.1, -0.05) is 24.6 Å². The molecule has 0 aliphatic carbocycles. The van der Waals surface area contributed by atoms with Crippen LogP contribution in [0.15, 0.2) is 29.3 Å². The molecule has 2 aliphatic rings. The van der Waals surface area contributed by atoms with Gasteiger partial charge in [-0.05, 0) is 30.9 Å². The van der Waals surface area contributed by atoms with Gasteiger partial charge in [0.2, 0.25) is 0 Å². The monoisotopic (exact) mass is 466 g/mol. The van der Waals surface area contributed by atoms with Crippen LogP contribution in [0.5, 0.6) is 0 Å². The van der Waals surface area contributed by atoms with E-state index in [1.807, 2.05) is 7.05 Å². The molecule has 0 saturated carbocycles. The summed E-state index contributed by atoms with van der Waals surface area (Å²) in [6.45, 7) is 2.87. The molecular formula is C19H27IN6. The maximum atomic E-state index is 4.48. The lowest BCUT2D eigenvalue weighted by Crippen LogP contribution is -2.41. The van der Waals surface area contributed by atoms with Crippen LogP contribution in [-0.4, -0.2) is 40.9 Å². The lowest BCUT2D eigenvalue weighted by molar-refractivity contribution is 0.601. The molecule has 0 bridgehead atoms. The number of halogens is 1. The first-order chi connectivity index (χ1) is 12.4. The van der Waals surface area contributed by atoms with E-state index in [1.54, 1.807) is 0 Å². The number of nitrogens with one attached hydrogen (secondary N) is 1. The highest BCUT2D eigenvalue weighted by Crippen LogP contribution is 2.27. The third-order valence-electron chi connectivity index (χ3n) is 5.17. The second-order valence-corrected chi connectivity index (χ2v) is 6.75. The molecule has 3 heterocycles. The molecule has 0 spiro atoms. The van der Waals surface area contributed by atoms with Crippen molar-refractivity contribution in [2.24, 2.45) is 4.99 Å². The number of guanidine groups is 1. The van der Waals surface area contributed by atoms with E-state index in [4.69, 9.17) is 0 Å². The number of hydrogen-bond acceptors (Lipinski definition) is 3. The van der Waals surface area contributed by atoms with Crippen LogP contribution in [0.3, 0.4) is 0 Å². The van der Waals surface area contributed by atoms with Crippen molar-refractivity contribution >= 4 is 35.6 Å². The Hall–Kier alpha value is -1.64. The van der Waals surface area contributed by atoms with Crippen LogP contribution in [0.1, 0.15) is 36.5 Å². The Kier molecular flexibility index (Phi) is 6.50. The molecule has 7 heteroatoms. The van der Waals surface area contributed by atoms with Crippen molar-refractivity contribution in [3.05, 3.63) is 41.5 Å². The average molecular weight is 466 g/mol. The first-order valence-corrected chi connectivity index (χ1v) is 9.34. The number of aromatic nitrogens is 3. The van der Waals surface area contributed by atoms with E-state index < -0.39 is 0 Å². The number of para-hydroxylation sites is 1. The average Bonchev–Trinajstić information content (AvgIpc) is 3.16. The number of aryl methyl sites for hydroxylation is 1. The van der Waals surface area contributed by atoms with E-state index in [2.05, 4.69) is 54.2 Å². The van der Waals surface area contributed by atoms with Crippen molar-refractivity contribution in [3.63, 3.8) is 0 Å². The summed E-state index contributed by atoms with van der Waals surface area (Å²) in [7, 11) is 1.85. The van der Waals surface area contributed by atoms with Crippen molar-refractivity contribution in [1.82, 2.24) is 20.1 Å². The van der Waals surface area contributed by atoms with Gasteiger partial charge in [0.25, 0.3) is 0 Å². The van der Waals surface area contributed by atoms with Gasteiger partial charge in [0.05, 0.1) is 0 Å².